The van der Waals surface area contributed by atoms with Crippen LogP contribution in [0.25, 0.3) is 0 Å². The van der Waals surface area contributed by atoms with Gasteiger partial charge in [0.2, 0.25) is 0 Å². The van der Waals surface area contributed by atoms with Crippen LogP contribution >= 0.6 is 0 Å². The average molecular weight is 1130 g/mol. The topological polar surface area (TPSA) is 78.9 Å². The van der Waals surface area contributed by atoms with E-state index in [9.17, 15) is 14.4 Å². The van der Waals surface area contributed by atoms with E-state index in [1.807, 2.05) is 0 Å². The lowest BCUT2D eigenvalue weighted by Crippen LogP contribution is -2.30. The Morgan fingerprint density at radius 1 is 0.259 bits per heavy atom. The zero-order valence-corrected chi connectivity index (χ0v) is 53.8. The summed E-state index contributed by atoms with van der Waals surface area (Å²) in [4.78, 5) is 38.3. The molecule has 0 aliphatic heterocycles. The van der Waals surface area contributed by atoms with Crippen molar-refractivity contribution < 1.29 is 28.6 Å². The van der Waals surface area contributed by atoms with E-state index >= 15 is 0 Å². The van der Waals surface area contributed by atoms with Gasteiger partial charge in [-0.1, -0.05) is 331 Å². The van der Waals surface area contributed by atoms with E-state index in [4.69, 9.17) is 14.2 Å². The first-order chi connectivity index (χ1) is 40.0. The Bertz CT molecular complexity index is 1530. The van der Waals surface area contributed by atoms with Crippen LogP contribution in [-0.4, -0.2) is 37.2 Å². The minimum atomic E-state index is -0.806. The highest BCUT2D eigenvalue weighted by atomic mass is 16.6. The number of hydrogen-bond acceptors (Lipinski definition) is 6. The fourth-order valence-corrected chi connectivity index (χ4v) is 10.2. The monoisotopic (exact) mass is 1130 g/mol. The van der Waals surface area contributed by atoms with E-state index in [1.165, 1.54) is 193 Å². The molecule has 0 saturated heterocycles. The van der Waals surface area contributed by atoms with Crippen LogP contribution in [0.2, 0.25) is 0 Å². The Morgan fingerprint density at radius 3 is 0.778 bits per heavy atom. The summed E-state index contributed by atoms with van der Waals surface area (Å²) in [6, 6.07) is 0. The lowest BCUT2D eigenvalue weighted by molar-refractivity contribution is -0.167. The minimum Gasteiger partial charge on any atom is -0.462 e. The largest absolute Gasteiger partial charge is 0.462 e. The molecule has 0 fully saturated rings. The zero-order chi connectivity index (χ0) is 58.5. The van der Waals surface area contributed by atoms with Crippen LogP contribution in [0.15, 0.2) is 85.1 Å². The number of esters is 3. The molecular weight excluding hydrogens is 997 g/mol. The number of hydrogen-bond donors (Lipinski definition) is 0. The van der Waals surface area contributed by atoms with Gasteiger partial charge in [-0.15, -0.1) is 0 Å². The number of unbranched alkanes of at least 4 members (excludes halogenated alkanes) is 39. The van der Waals surface area contributed by atoms with Gasteiger partial charge in [0.25, 0.3) is 0 Å². The third kappa shape index (κ3) is 67.3. The molecule has 0 saturated carbocycles. The van der Waals surface area contributed by atoms with E-state index < -0.39 is 6.10 Å². The summed E-state index contributed by atoms with van der Waals surface area (Å²) in [5.74, 6) is -0.943. The lowest BCUT2D eigenvalue weighted by atomic mass is 10.0. The quantitative estimate of drug-likeness (QED) is 0.0261. The van der Waals surface area contributed by atoms with Gasteiger partial charge >= 0.3 is 17.9 Å². The summed E-state index contributed by atoms with van der Waals surface area (Å²) >= 11 is 0. The van der Waals surface area contributed by atoms with Gasteiger partial charge in [0, 0.05) is 19.3 Å². The fraction of sp³-hybridized carbons (Fsp3) is 0.773. The second kappa shape index (κ2) is 69.1. The van der Waals surface area contributed by atoms with Crippen LogP contribution in [0, 0.1) is 0 Å². The Kier molecular flexibility index (Phi) is 66.2. The molecule has 0 radical (unpaired) electrons. The molecule has 468 valence electrons. The summed E-state index contributed by atoms with van der Waals surface area (Å²) in [5, 5.41) is 0. The first kappa shape index (κ1) is 77.6. The van der Waals surface area contributed by atoms with Gasteiger partial charge < -0.3 is 14.2 Å². The van der Waals surface area contributed by atoms with Crippen LogP contribution in [0.1, 0.15) is 355 Å². The van der Waals surface area contributed by atoms with Crippen molar-refractivity contribution in [3.8, 4) is 0 Å². The summed E-state index contributed by atoms with van der Waals surface area (Å²) in [6.07, 6.45) is 92.2. The van der Waals surface area contributed by atoms with Gasteiger partial charge in [0.15, 0.2) is 6.10 Å². The summed E-state index contributed by atoms with van der Waals surface area (Å²) < 4.78 is 16.9. The number of ether oxygens (including phenoxy) is 3. The van der Waals surface area contributed by atoms with Gasteiger partial charge in [-0.2, -0.15) is 0 Å². The highest BCUT2D eigenvalue weighted by Gasteiger charge is 2.19. The predicted molar refractivity (Wildman–Crippen MR) is 353 cm³/mol. The van der Waals surface area contributed by atoms with Crippen molar-refractivity contribution in [1.29, 1.82) is 0 Å². The zero-order valence-electron chi connectivity index (χ0n) is 53.8. The van der Waals surface area contributed by atoms with E-state index in [0.717, 1.165) is 116 Å². The number of allylic oxidation sites excluding steroid dienone is 14. The molecule has 0 amide bonds. The normalized spacial score (nSPS) is 12.6. The van der Waals surface area contributed by atoms with Gasteiger partial charge in [0.05, 0.1) is 0 Å². The van der Waals surface area contributed by atoms with Crippen molar-refractivity contribution >= 4 is 17.9 Å². The number of carbonyl (C=O) groups is 3. The molecule has 0 aromatic heterocycles. The Hall–Kier alpha value is -3.41. The molecule has 81 heavy (non-hydrogen) atoms. The third-order valence-electron chi connectivity index (χ3n) is 15.4. The average Bonchev–Trinajstić information content (AvgIpc) is 3.47. The smallest absolute Gasteiger partial charge is 0.306 e. The Labute approximate surface area is 503 Å². The van der Waals surface area contributed by atoms with E-state index in [2.05, 4.69) is 106 Å². The lowest BCUT2D eigenvalue weighted by Gasteiger charge is -2.18. The molecule has 0 N–H and O–H groups in total. The fourth-order valence-electron chi connectivity index (χ4n) is 10.2. The molecule has 6 heteroatoms. The number of carbonyl (C=O) groups excluding carboxylic acids is 3. The van der Waals surface area contributed by atoms with E-state index in [-0.39, 0.29) is 37.5 Å². The highest BCUT2D eigenvalue weighted by molar-refractivity contribution is 5.71. The molecule has 0 spiro atoms. The summed E-state index contributed by atoms with van der Waals surface area (Å²) in [7, 11) is 0. The molecule has 0 bridgehead atoms. The third-order valence-corrected chi connectivity index (χ3v) is 15.4. The SMILES string of the molecule is CC/C=C\C/C=C\C/C=C\C/C=C\CCCCC(=O)OC(COC(=O)CCCCCCC/C=C\C/C=C\C/C=C\CC)COC(=O)CCCCCCCCCCCCCCCCCCCCCCCCCCCCCCCCCCC. The van der Waals surface area contributed by atoms with Crippen LogP contribution in [0.3, 0.4) is 0 Å². The van der Waals surface area contributed by atoms with Gasteiger partial charge in [0.1, 0.15) is 13.2 Å². The first-order valence-corrected chi connectivity index (χ1v) is 35.1. The van der Waals surface area contributed by atoms with Crippen molar-refractivity contribution in [3.05, 3.63) is 85.1 Å². The van der Waals surface area contributed by atoms with Crippen molar-refractivity contribution in [2.45, 2.75) is 361 Å². The molecular formula is C75H132O6. The van der Waals surface area contributed by atoms with Crippen molar-refractivity contribution in [1.82, 2.24) is 0 Å². The molecule has 0 heterocycles. The molecule has 6 nitrogen and oxygen atoms in total. The predicted octanol–water partition coefficient (Wildman–Crippen LogP) is 24.2. The van der Waals surface area contributed by atoms with Crippen LogP contribution < -0.4 is 0 Å². The molecule has 0 rings (SSSR count). The summed E-state index contributed by atoms with van der Waals surface area (Å²) in [5.41, 5.74) is 0. The second-order valence-electron chi connectivity index (χ2n) is 23.4. The molecule has 1 atom stereocenters. The van der Waals surface area contributed by atoms with Crippen molar-refractivity contribution in [2.75, 3.05) is 13.2 Å². The highest BCUT2D eigenvalue weighted by Crippen LogP contribution is 2.18. The van der Waals surface area contributed by atoms with Gasteiger partial charge in [-0.05, 0) is 89.9 Å². The van der Waals surface area contributed by atoms with Gasteiger partial charge in [-0.25, -0.2) is 0 Å². The minimum absolute atomic E-state index is 0.0967. The maximum Gasteiger partial charge on any atom is 0.306 e. The molecule has 1 unspecified atom stereocenters. The van der Waals surface area contributed by atoms with E-state index in [0.29, 0.717) is 19.3 Å². The Balaban J connectivity index is 4.15. The van der Waals surface area contributed by atoms with Crippen LogP contribution in [0.4, 0.5) is 0 Å². The molecule has 0 aliphatic rings. The number of rotatable bonds is 64. The molecule has 0 aromatic rings. The summed E-state index contributed by atoms with van der Waals surface area (Å²) in [6.45, 7) is 6.41. The van der Waals surface area contributed by atoms with Crippen LogP contribution in [-0.2, 0) is 28.6 Å². The molecule has 0 aromatic carbocycles. The standard InChI is InChI=1S/C75H132O6/c1-4-7-10-13-16-19-22-25-28-29-30-31-32-33-34-35-36-37-38-39-40-41-42-43-44-45-48-50-53-56-59-62-65-68-74(77)80-71-72(81-75(78)69-66-63-60-57-54-51-47-27-24-21-18-15-12-9-6-3)70-79-73(76)67-64-61-58-55-52-49-46-26-23-20-17-14-11-8-5-2/h8-9,11-12,17-18,20-21,26-27,46-47,54,57,72H,4-7,10,13-16,19,22-25,28-45,48-53,55-56,58-71H2,1-3H3/b11-8-,12-9-,20-17-,21-18-,46-26-,47-27-,57-54-. The Morgan fingerprint density at radius 2 is 0.481 bits per heavy atom. The van der Waals surface area contributed by atoms with Gasteiger partial charge in [-0.3, -0.25) is 14.4 Å². The van der Waals surface area contributed by atoms with E-state index in [1.54, 1.807) is 0 Å². The molecule has 0 aliphatic carbocycles. The van der Waals surface area contributed by atoms with Crippen LogP contribution in [0.5, 0.6) is 0 Å². The maximum absolute atomic E-state index is 12.9. The first-order valence-electron chi connectivity index (χ1n) is 35.1. The van der Waals surface area contributed by atoms with Crippen molar-refractivity contribution in [3.63, 3.8) is 0 Å². The van der Waals surface area contributed by atoms with Crippen molar-refractivity contribution in [2.24, 2.45) is 0 Å². The maximum atomic E-state index is 12.9. The second-order valence-corrected chi connectivity index (χ2v) is 23.4.